The van der Waals surface area contributed by atoms with Crippen molar-refractivity contribution >= 4 is 68.7 Å². The molecule has 2 aliphatic rings. The summed E-state index contributed by atoms with van der Waals surface area (Å²) in [4.78, 5) is 45.0. The Hall–Kier alpha value is -6.74. The van der Waals surface area contributed by atoms with E-state index < -0.39 is 17.9 Å². The molecule has 8 bridgehead atoms. The van der Waals surface area contributed by atoms with Crippen LogP contribution in [0.5, 0.6) is 23.0 Å². The van der Waals surface area contributed by atoms with Gasteiger partial charge in [-0.3, -0.25) is 0 Å². The molecule has 0 atom stereocenters. The van der Waals surface area contributed by atoms with Crippen LogP contribution in [0.2, 0.25) is 0 Å². The molecule has 0 radical (unpaired) electrons. The number of nitrogens with one attached hydrogen (secondary N) is 2. The van der Waals surface area contributed by atoms with Crippen LogP contribution in [0.3, 0.4) is 0 Å². The fourth-order valence-corrected chi connectivity index (χ4v) is 5.10. The minimum atomic E-state index is -0.896. The summed E-state index contributed by atoms with van der Waals surface area (Å²) >= 11 is 3.20. The van der Waals surface area contributed by atoms with E-state index in [-0.39, 0.29) is 83.0 Å². The molecule has 14 nitrogen and oxygen atoms in total. The standard InChI is InChI=1S/C20H14N4O4.2C7H6O2.C7H5O2.3ClH.Mn/c25-17-9-1-2-10(21-9)18(26)12-5-6-14(23-12)20(28)16-8-7-15(24-16)19(27)13-4-3-11(17)22-13;3*8-7(9)6-4-2-1-3-5-6;;;;/h1-8,21,24-28H;2*1-5H,(H,8,9);2-5H,(H,8,9);3*1H;/q;;;;;;;+3/p-3. The number of hydrogen-bond acceptors (Lipinski definition) is 9. The van der Waals surface area contributed by atoms with Crippen molar-refractivity contribution in [2.45, 2.75) is 0 Å². The largest absolute Gasteiger partial charge is 1.00 e. The van der Waals surface area contributed by atoms with E-state index in [0.717, 1.165) is 4.46 Å². The zero-order valence-corrected chi connectivity index (χ0v) is 33.4. The van der Waals surface area contributed by atoms with Crippen molar-refractivity contribution in [3.05, 3.63) is 149 Å². The average Bonchev–Trinajstić information content (AvgIpc) is 4.06. The van der Waals surface area contributed by atoms with E-state index in [1.807, 2.05) is 0 Å². The van der Waals surface area contributed by atoms with E-state index in [4.69, 9.17) is 15.3 Å². The van der Waals surface area contributed by atoms with Crippen LogP contribution in [0, 0.1) is 0 Å². The second kappa shape index (κ2) is 22.3. The molecule has 6 aromatic rings. The Morgan fingerprint density at radius 2 is 0.661 bits per heavy atom. The third-order valence-corrected chi connectivity index (χ3v) is 8.17. The van der Waals surface area contributed by atoms with Crippen LogP contribution in [0.1, 0.15) is 53.8 Å². The molecule has 8 rings (SSSR count). The van der Waals surface area contributed by atoms with E-state index >= 15 is 0 Å². The number of halogens is 3. The molecule has 0 unspecified atom stereocenters. The molecule has 9 N–H and O–H groups in total. The quantitative estimate of drug-likeness (QED) is 0.0860. The Morgan fingerprint density at radius 3 is 0.898 bits per heavy atom. The summed E-state index contributed by atoms with van der Waals surface area (Å²) < 4.78 is 0.887. The molecule has 3 aromatic carbocycles. The minimum absolute atomic E-state index is 0. The zero-order chi connectivity index (χ0) is 40.4. The molecule has 0 fully saturated rings. The van der Waals surface area contributed by atoms with Gasteiger partial charge in [-0.15, -0.1) is 0 Å². The van der Waals surface area contributed by atoms with Gasteiger partial charge in [-0.25, -0.2) is 19.6 Å². The number of H-pyrrole nitrogens is 2. The summed E-state index contributed by atoms with van der Waals surface area (Å²) in [5.74, 6) is -3.16. The summed E-state index contributed by atoms with van der Waals surface area (Å²) in [5.41, 5.74) is 3.41. The number of carboxylic acid groups (broad SMARTS) is 3. The molecule has 59 heavy (non-hydrogen) atoms. The Balaban J connectivity index is 0.000000319. The van der Waals surface area contributed by atoms with Gasteiger partial charge >= 0.3 is 78.1 Å². The maximum Gasteiger partial charge on any atom is 0.335 e. The SMILES string of the molecule is O=C(O)c1cc[c]([Mn+3])cc1.O=C(O)c1ccccc1.O=C(O)c1ccccc1.Oc1c2nc(c(O)c3ccc([nH]3)c(O)c3nc(c(O)c4ccc1[nH]4)C=C3)C=C2.[Cl-].[Cl-].[Cl-]. The number of aromatic amines is 2. The van der Waals surface area contributed by atoms with Crippen molar-refractivity contribution in [1.82, 2.24) is 19.9 Å². The van der Waals surface area contributed by atoms with Gasteiger partial charge in [-0.05, 0) is 72.8 Å². The van der Waals surface area contributed by atoms with Gasteiger partial charge in [0.1, 0.15) is 22.8 Å². The zero-order valence-electron chi connectivity index (χ0n) is 30.0. The van der Waals surface area contributed by atoms with Crippen molar-refractivity contribution < 1.29 is 103 Å². The van der Waals surface area contributed by atoms with E-state index in [1.165, 1.54) is 0 Å². The van der Waals surface area contributed by atoms with Crippen molar-refractivity contribution in [2.24, 2.45) is 0 Å². The van der Waals surface area contributed by atoms with Crippen molar-refractivity contribution in [1.29, 1.82) is 0 Å². The number of rotatable bonds is 3. The van der Waals surface area contributed by atoms with E-state index in [2.05, 4.69) is 35.9 Å². The van der Waals surface area contributed by atoms with Crippen molar-refractivity contribution in [3.63, 3.8) is 0 Å². The number of carboxylic acids is 3. The molecule has 303 valence electrons. The molecule has 0 spiro atoms. The van der Waals surface area contributed by atoms with Gasteiger partial charge in [0.2, 0.25) is 0 Å². The molecule has 0 saturated carbocycles. The smallest absolute Gasteiger partial charge is 0.335 e. The predicted molar refractivity (Wildman–Crippen MR) is 205 cm³/mol. The van der Waals surface area contributed by atoms with Gasteiger partial charge in [0.05, 0.1) is 33.2 Å². The molecule has 2 aliphatic heterocycles. The van der Waals surface area contributed by atoms with Gasteiger partial charge in [-0.2, -0.15) is 0 Å². The number of fused-ring (bicyclic) bond motifs is 8. The van der Waals surface area contributed by atoms with Crippen LogP contribution in [-0.2, 0) is 16.0 Å². The monoisotopic (exact) mass is 899 g/mol. The Bertz CT molecular complexity index is 2390. The topological polar surface area (TPSA) is 250 Å². The van der Waals surface area contributed by atoms with Crippen LogP contribution < -0.4 is 41.7 Å². The van der Waals surface area contributed by atoms with Crippen molar-refractivity contribution in [2.75, 3.05) is 0 Å². The maximum absolute atomic E-state index is 10.5. The summed E-state index contributed by atoms with van der Waals surface area (Å²) in [5, 5.41) is 67.3. The number of carbonyl (C=O) groups is 3. The second-order valence-corrected chi connectivity index (χ2v) is 12.2. The van der Waals surface area contributed by atoms with Gasteiger partial charge in [0.25, 0.3) is 0 Å². The Kier molecular flexibility index (Phi) is 18.3. The molecule has 0 aliphatic carbocycles. The second-order valence-electron chi connectivity index (χ2n) is 11.6. The van der Waals surface area contributed by atoms with Crippen LogP contribution in [-0.4, -0.2) is 73.6 Å². The third-order valence-electron chi connectivity index (χ3n) is 7.78. The third kappa shape index (κ3) is 12.6. The summed E-state index contributed by atoms with van der Waals surface area (Å²) in [6.45, 7) is 0. The predicted octanol–water partition coefficient (Wildman–Crippen LogP) is -2.18. The molecule has 18 heteroatoms. The number of benzene rings is 3. The average molecular weight is 901 g/mol. The number of aromatic carboxylic acids is 3. The number of nitrogens with zero attached hydrogens (tertiary/aromatic N) is 2. The number of aromatic hydroxyl groups is 4. The van der Waals surface area contributed by atoms with Crippen molar-refractivity contribution in [3.8, 4) is 23.0 Å². The molecule has 0 saturated heterocycles. The van der Waals surface area contributed by atoms with Crippen LogP contribution in [0.4, 0.5) is 0 Å². The molecule has 3 aromatic heterocycles. The van der Waals surface area contributed by atoms with E-state index in [0.29, 0.717) is 38.8 Å². The first-order valence-electron chi connectivity index (χ1n) is 16.3. The molecular weight excluding hydrogens is 870 g/mol. The maximum atomic E-state index is 10.5. The summed E-state index contributed by atoms with van der Waals surface area (Å²) in [6, 6.07) is 29.5. The molecule has 5 heterocycles. The van der Waals surface area contributed by atoms with E-state index in [1.54, 1.807) is 133 Å². The first kappa shape index (κ1) is 48.4. The summed E-state index contributed by atoms with van der Waals surface area (Å²) in [6.07, 6.45) is 6.28. The van der Waals surface area contributed by atoms with Gasteiger partial charge < -0.3 is 77.8 Å². The normalized spacial score (nSPS) is 10.2. The first-order chi connectivity index (χ1) is 26.8. The van der Waals surface area contributed by atoms with Crippen LogP contribution in [0.15, 0.2) is 109 Å². The molecule has 0 amide bonds. The number of hydrogen-bond donors (Lipinski definition) is 9. The fraction of sp³-hybridized carbons (Fsp3) is 0. The van der Waals surface area contributed by atoms with E-state index in [9.17, 15) is 34.8 Å². The van der Waals surface area contributed by atoms with Crippen LogP contribution in [0.25, 0.3) is 46.4 Å². The van der Waals surface area contributed by atoms with Gasteiger partial charge in [-0.1, -0.05) is 36.4 Å². The van der Waals surface area contributed by atoms with Gasteiger partial charge in [0.15, 0.2) is 23.0 Å². The Morgan fingerprint density at radius 1 is 0.407 bits per heavy atom. The minimum Gasteiger partial charge on any atom is -1.00 e. The summed E-state index contributed by atoms with van der Waals surface area (Å²) in [7, 11) is 0. The van der Waals surface area contributed by atoms with Gasteiger partial charge in [0, 0.05) is 0 Å². The Labute approximate surface area is 362 Å². The molecular formula is C41H31Cl3MnN4O10. The first-order valence-corrected chi connectivity index (χ1v) is 16.9. The number of aromatic nitrogens is 4. The van der Waals surface area contributed by atoms with Crippen LogP contribution >= 0.6 is 0 Å². The fourth-order valence-electron chi connectivity index (χ4n) is 4.90.